The van der Waals surface area contributed by atoms with Crippen LogP contribution in [0.4, 0.5) is 10.2 Å². The molecule has 4 heterocycles. The fourth-order valence-electron chi connectivity index (χ4n) is 4.19. The van der Waals surface area contributed by atoms with Crippen molar-refractivity contribution in [3.63, 3.8) is 0 Å². The summed E-state index contributed by atoms with van der Waals surface area (Å²) in [5.41, 5.74) is 12.3. The number of ether oxygens (including phenoxy) is 1. The number of pyridine rings is 1. The Balaban J connectivity index is 1.81. The van der Waals surface area contributed by atoms with Crippen LogP contribution >= 0.6 is 0 Å². The number of nitrogen functional groups attached to an aromatic ring is 1. The number of benzene rings is 1. The van der Waals surface area contributed by atoms with Crippen molar-refractivity contribution in [2.24, 2.45) is 0 Å². The first-order valence-electron chi connectivity index (χ1n) is 10.3. The van der Waals surface area contributed by atoms with Gasteiger partial charge in [-0.05, 0) is 51.1 Å². The number of hydrogen-bond acceptors (Lipinski definition) is 5. The van der Waals surface area contributed by atoms with Gasteiger partial charge in [0.2, 0.25) is 0 Å². The molecule has 0 fully saturated rings. The molecular weight excluding hydrogens is 395 g/mol. The van der Waals surface area contributed by atoms with Gasteiger partial charge >= 0.3 is 0 Å². The molecule has 158 valence electrons. The highest BCUT2D eigenvalue weighted by Crippen LogP contribution is 2.37. The second-order valence-corrected chi connectivity index (χ2v) is 7.76. The summed E-state index contributed by atoms with van der Waals surface area (Å²) in [6.07, 6.45) is 3.13. The van der Waals surface area contributed by atoms with E-state index in [4.69, 9.17) is 15.6 Å². The first kappa shape index (κ1) is 19.3. The molecule has 0 amide bonds. The SMILES string of the molecule is CCn1ncc2c1-c1cnc(N)c(c1)OC(C)c1cc(F)ccc1-c1cc(C)nn1C2. The Morgan fingerprint density at radius 2 is 2.06 bits per heavy atom. The second-order valence-electron chi connectivity index (χ2n) is 7.76. The maximum absolute atomic E-state index is 14.2. The Kier molecular flexibility index (Phi) is 4.50. The van der Waals surface area contributed by atoms with E-state index in [-0.39, 0.29) is 11.6 Å². The minimum absolute atomic E-state index is 0.288. The van der Waals surface area contributed by atoms with Gasteiger partial charge in [0, 0.05) is 35.0 Å². The van der Waals surface area contributed by atoms with Gasteiger partial charge in [0.15, 0.2) is 11.6 Å². The number of aryl methyl sites for hydroxylation is 2. The highest BCUT2D eigenvalue weighted by molar-refractivity contribution is 5.69. The van der Waals surface area contributed by atoms with Crippen molar-refractivity contribution >= 4 is 5.82 Å². The smallest absolute Gasteiger partial charge is 0.166 e. The molecule has 3 aromatic heterocycles. The van der Waals surface area contributed by atoms with Gasteiger partial charge in [-0.15, -0.1) is 0 Å². The molecule has 31 heavy (non-hydrogen) atoms. The van der Waals surface area contributed by atoms with Crippen LogP contribution in [-0.4, -0.2) is 24.5 Å². The van der Waals surface area contributed by atoms with Crippen molar-refractivity contribution in [3.05, 3.63) is 65.4 Å². The van der Waals surface area contributed by atoms with Gasteiger partial charge in [0.1, 0.15) is 11.9 Å². The van der Waals surface area contributed by atoms with Gasteiger partial charge in [0.25, 0.3) is 0 Å². The third kappa shape index (κ3) is 3.24. The fourth-order valence-corrected chi connectivity index (χ4v) is 4.19. The number of hydrogen-bond donors (Lipinski definition) is 1. The summed E-state index contributed by atoms with van der Waals surface area (Å²) in [5, 5.41) is 9.27. The van der Waals surface area contributed by atoms with Crippen LogP contribution in [0.2, 0.25) is 0 Å². The zero-order chi connectivity index (χ0) is 21.7. The van der Waals surface area contributed by atoms with E-state index in [0.29, 0.717) is 18.8 Å². The molecule has 1 aliphatic heterocycles. The van der Waals surface area contributed by atoms with Crippen molar-refractivity contribution < 1.29 is 9.13 Å². The average molecular weight is 418 g/mol. The molecule has 7 nitrogen and oxygen atoms in total. The maximum Gasteiger partial charge on any atom is 0.166 e. The average Bonchev–Trinajstić information content (AvgIpc) is 3.32. The van der Waals surface area contributed by atoms with E-state index >= 15 is 0 Å². The second kappa shape index (κ2) is 7.23. The molecule has 0 radical (unpaired) electrons. The van der Waals surface area contributed by atoms with Crippen LogP contribution in [0.15, 0.2) is 42.7 Å². The summed E-state index contributed by atoms with van der Waals surface area (Å²) in [5.74, 6) is 0.423. The normalized spacial score (nSPS) is 15.2. The molecule has 5 rings (SSSR count). The van der Waals surface area contributed by atoms with Gasteiger partial charge < -0.3 is 10.5 Å². The van der Waals surface area contributed by atoms with E-state index in [1.807, 2.05) is 48.5 Å². The predicted molar refractivity (Wildman–Crippen MR) is 116 cm³/mol. The number of nitrogens with zero attached hydrogens (tertiary/aromatic N) is 5. The van der Waals surface area contributed by atoms with E-state index in [1.54, 1.807) is 12.3 Å². The quantitative estimate of drug-likeness (QED) is 0.497. The first-order valence-corrected chi connectivity index (χ1v) is 10.3. The lowest BCUT2D eigenvalue weighted by atomic mass is 9.99. The van der Waals surface area contributed by atoms with Crippen LogP contribution in [0, 0.1) is 12.7 Å². The van der Waals surface area contributed by atoms with Crippen LogP contribution in [0.1, 0.15) is 36.8 Å². The van der Waals surface area contributed by atoms with Gasteiger partial charge in [-0.2, -0.15) is 10.2 Å². The van der Waals surface area contributed by atoms with Crippen LogP contribution in [0.25, 0.3) is 22.5 Å². The third-order valence-corrected chi connectivity index (χ3v) is 5.62. The Morgan fingerprint density at radius 1 is 1.23 bits per heavy atom. The number of aromatic nitrogens is 5. The molecule has 4 aromatic rings. The Morgan fingerprint density at radius 3 is 2.87 bits per heavy atom. The zero-order valence-electron chi connectivity index (χ0n) is 17.6. The molecule has 0 spiro atoms. The first-order chi connectivity index (χ1) is 14.9. The lowest BCUT2D eigenvalue weighted by Gasteiger charge is -2.21. The summed E-state index contributed by atoms with van der Waals surface area (Å²) in [6, 6.07) is 8.63. The van der Waals surface area contributed by atoms with Crippen LogP contribution in [-0.2, 0) is 13.1 Å². The van der Waals surface area contributed by atoms with E-state index in [9.17, 15) is 4.39 Å². The third-order valence-electron chi connectivity index (χ3n) is 5.62. The minimum atomic E-state index is -0.455. The molecule has 0 aliphatic carbocycles. The minimum Gasteiger partial charge on any atom is -0.482 e. The maximum atomic E-state index is 14.2. The summed E-state index contributed by atoms with van der Waals surface area (Å²) >= 11 is 0. The Hall–Kier alpha value is -3.68. The molecular formula is C23H23FN6O. The molecule has 2 bridgehead atoms. The van der Waals surface area contributed by atoms with Crippen molar-refractivity contribution in [2.75, 3.05) is 5.73 Å². The van der Waals surface area contributed by atoms with Crippen LogP contribution in [0.5, 0.6) is 5.75 Å². The summed E-state index contributed by atoms with van der Waals surface area (Å²) in [4.78, 5) is 4.35. The molecule has 8 heteroatoms. The predicted octanol–water partition coefficient (Wildman–Crippen LogP) is 4.36. The molecule has 2 N–H and O–H groups in total. The molecule has 1 atom stereocenters. The standard InChI is InChI=1S/C23H23FN6O/c1-4-29-22-15-8-21(23(25)26-10-15)31-14(3)19-9-17(24)5-6-18(19)20-7-13(2)28-30(20)12-16(22)11-27-29/h5-11,14H,4,12H2,1-3H3,(H2,25,26). The van der Waals surface area contributed by atoms with Crippen molar-refractivity contribution in [1.29, 1.82) is 0 Å². The van der Waals surface area contributed by atoms with Gasteiger partial charge in [0.05, 0.1) is 29.8 Å². The van der Waals surface area contributed by atoms with E-state index < -0.39 is 6.10 Å². The van der Waals surface area contributed by atoms with Gasteiger partial charge in [-0.25, -0.2) is 9.37 Å². The van der Waals surface area contributed by atoms with Crippen LogP contribution < -0.4 is 10.5 Å². The molecule has 0 saturated heterocycles. The Bertz CT molecular complexity index is 1290. The summed E-state index contributed by atoms with van der Waals surface area (Å²) in [6.45, 7) is 7.10. The monoisotopic (exact) mass is 418 g/mol. The zero-order valence-corrected chi connectivity index (χ0v) is 17.6. The van der Waals surface area contributed by atoms with E-state index in [2.05, 4.69) is 10.1 Å². The molecule has 0 saturated carbocycles. The highest BCUT2D eigenvalue weighted by atomic mass is 19.1. The lowest BCUT2D eigenvalue weighted by Crippen LogP contribution is -2.12. The van der Waals surface area contributed by atoms with Crippen molar-refractivity contribution in [3.8, 4) is 28.3 Å². The summed E-state index contributed by atoms with van der Waals surface area (Å²) < 4.78 is 24.3. The number of halogens is 1. The fraction of sp³-hybridized carbons (Fsp3) is 0.261. The molecule has 1 aromatic carbocycles. The molecule has 1 unspecified atom stereocenters. The molecule has 1 aliphatic rings. The number of nitrogens with two attached hydrogens (primary N) is 1. The Labute approximate surface area is 179 Å². The van der Waals surface area contributed by atoms with E-state index in [0.717, 1.165) is 39.3 Å². The van der Waals surface area contributed by atoms with Gasteiger partial charge in [-0.1, -0.05) is 0 Å². The van der Waals surface area contributed by atoms with Crippen molar-refractivity contribution in [1.82, 2.24) is 24.5 Å². The van der Waals surface area contributed by atoms with E-state index in [1.165, 1.54) is 12.1 Å². The lowest BCUT2D eigenvalue weighted by molar-refractivity contribution is 0.227. The largest absolute Gasteiger partial charge is 0.482 e. The van der Waals surface area contributed by atoms with Crippen molar-refractivity contribution in [2.45, 2.75) is 40.0 Å². The summed E-state index contributed by atoms with van der Waals surface area (Å²) in [7, 11) is 0. The van der Waals surface area contributed by atoms with Crippen LogP contribution in [0.3, 0.4) is 0 Å². The van der Waals surface area contributed by atoms with Gasteiger partial charge in [-0.3, -0.25) is 9.36 Å². The number of anilines is 1. The number of rotatable bonds is 1. The number of fused-ring (bicyclic) bond motifs is 7. The topological polar surface area (TPSA) is 83.8 Å². The highest BCUT2D eigenvalue weighted by Gasteiger charge is 2.23.